The van der Waals surface area contributed by atoms with Crippen molar-refractivity contribution in [2.24, 2.45) is 5.92 Å². The summed E-state index contributed by atoms with van der Waals surface area (Å²) in [6.45, 7) is 1.76. The van der Waals surface area contributed by atoms with Crippen LogP contribution in [0.2, 0.25) is 0 Å². The molecule has 0 saturated carbocycles. The van der Waals surface area contributed by atoms with E-state index in [1.54, 1.807) is 6.92 Å². The van der Waals surface area contributed by atoms with Gasteiger partial charge in [-0.15, -0.1) is 0 Å². The molecule has 0 aromatic heterocycles. The maximum absolute atomic E-state index is 13.7. The van der Waals surface area contributed by atoms with E-state index in [4.69, 9.17) is 4.74 Å². The molecule has 5 nitrogen and oxygen atoms in total. The lowest BCUT2D eigenvalue weighted by Crippen LogP contribution is -2.39. The molecule has 0 N–H and O–H groups in total. The van der Waals surface area contributed by atoms with Gasteiger partial charge in [0.2, 0.25) is 10.0 Å². The number of sulfonamides is 1. The van der Waals surface area contributed by atoms with Crippen molar-refractivity contribution in [1.29, 1.82) is 0 Å². The summed E-state index contributed by atoms with van der Waals surface area (Å²) in [4.78, 5) is 12.0. The highest BCUT2D eigenvalue weighted by Crippen LogP contribution is 2.33. The van der Waals surface area contributed by atoms with Crippen LogP contribution in [0.3, 0.4) is 0 Å². The Morgan fingerprint density at radius 1 is 0.839 bits per heavy atom. The van der Waals surface area contributed by atoms with Crippen LogP contribution >= 0.6 is 0 Å². The molecule has 0 saturated heterocycles. The minimum atomic E-state index is -3.84. The van der Waals surface area contributed by atoms with E-state index in [9.17, 15) is 13.2 Å². The van der Waals surface area contributed by atoms with E-state index in [0.29, 0.717) is 0 Å². The van der Waals surface area contributed by atoms with Crippen molar-refractivity contribution in [1.82, 2.24) is 4.31 Å². The second-order valence-corrected chi connectivity index (χ2v) is 9.42. The van der Waals surface area contributed by atoms with Crippen LogP contribution in [0.15, 0.2) is 91.0 Å². The van der Waals surface area contributed by atoms with Crippen molar-refractivity contribution >= 4 is 16.0 Å². The summed E-state index contributed by atoms with van der Waals surface area (Å²) in [5.74, 6) is -1.65. The van der Waals surface area contributed by atoms with E-state index in [2.05, 4.69) is 0 Å². The van der Waals surface area contributed by atoms with Crippen molar-refractivity contribution in [2.45, 2.75) is 19.5 Å². The summed E-state index contributed by atoms with van der Waals surface area (Å²) in [5, 5.41) is 0. The summed E-state index contributed by atoms with van der Waals surface area (Å²) < 4.78 is 33.6. The molecule has 0 aliphatic rings. The molecule has 6 heteroatoms. The van der Waals surface area contributed by atoms with E-state index in [0.717, 1.165) is 16.7 Å². The summed E-state index contributed by atoms with van der Waals surface area (Å²) >= 11 is 0. The Hall–Kier alpha value is -2.96. The molecule has 162 valence electrons. The largest absolute Gasteiger partial charge is 0.469 e. The highest BCUT2D eigenvalue weighted by Gasteiger charge is 2.35. The van der Waals surface area contributed by atoms with Gasteiger partial charge in [-0.2, -0.15) is 4.31 Å². The van der Waals surface area contributed by atoms with Gasteiger partial charge in [0.25, 0.3) is 0 Å². The molecule has 3 aromatic carbocycles. The van der Waals surface area contributed by atoms with E-state index >= 15 is 0 Å². The van der Waals surface area contributed by atoms with Gasteiger partial charge in [-0.3, -0.25) is 4.79 Å². The monoisotopic (exact) mass is 437 g/mol. The normalized spacial score (nSPS) is 12.6. The molecule has 0 heterocycles. The molecule has 0 radical (unpaired) electrons. The average Bonchev–Trinajstić information content (AvgIpc) is 2.80. The SMILES string of the molecule is COC(=O)C(C)CS(=O)(=O)N(Cc1ccccc1)C(c1ccccc1)c1ccccc1. The van der Waals surface area contributed by atoms with E-state index in [1.807, 2.05) is 91.0 Å². The fourth-order valence-electron chi connectivity index (χ4n) is 3.59. The maximum Gasteiger partial charge on any atom is 0.309 e. The second kappa shape index (κ2) is 10.4. The molecular weight excluding hydrogens is 410 g/mol. The standard InChI is InChI=1S/C25H27NO4S/c1-20(25(27)30-2)19-31(28,29)26(18-21-12-6-3-7-13-21)24(22-14-8-4-9-15-22)23-16-10-5-11-17-23/h3-17,20,24H,18-19H2,1-2H3. The van der Waals surface area contributed by atoms with Crippen LogP contribution in [-0.4, -0.2) is 31.6 Å². The molecule has 0 aliphatic heterocycles. The summed E-state index contributed by atoms with van der Waals surface area (Å²) in [6.07, 6.45) is 0. The third-order valence-electron chi connectivity index (χ3n) is 5.12. The molecule has 31 heavy (non-hydrogen) atoms. The van der Waals surface area contributed by atoms with Gasteiger partial charge in [0.15, 0.2) is 0 Å². The molecule has 0 bridgehead atoms. The molecular formula is C25H27NO4S. The number of nitrogens with zero attached hydrogens (tertiary/aromatic N) is 1. The molecule has 3 rings (SSSR count). The third kappa shape index (κ3) is 5.81. The zero-order valence-electron chi connectivity index (χ0n) is 17.7. The van der Waals surface area contributed by atoms with Crippen molar-refractivity contribution in [2.75, 3.05) is 12.9 Å². The van der Waals surface area contributed by atoms with Gasteiger partial charge in [0.1, 0.15) is 0 Å². The van der Waals surface area contributed by atoms with Crippen LogP contribution < -0.4 is 0 Å². The smallest absolute Gasteiger partial charge is 0.309 e. The Bertz CT molecular complexity index is 1030. The van der Waals surface area contributed by atoms with Gasteiger partial charge < -0.3 is 4.74 Å². The molecule has 0 spiro atoms. The zero-order valence-corrected chi connectivity index (χ0v) is 18.5. The van der Waals surface area contributed by atoms with E-state index in [1.165, 1.54) is 11.4 Å². The Morgan fingerprint density at radius 3 is 1.74 bits per heavy atom. The Kier molecular flexibility index (Phi) is 7.60. The number of hydrogen-bond acceptors (Lipinski definition) is 4. The number of benzene rings is 3. The molecule has 3 aromatic rings. The highest BCUT2D eigenvalue weighted by atomic mass is 32.2. The van der Waals surface area contributed by atoms with Gasteiger partial charge in [0.05, 0.1) is 24.8 Å². The summed E-state index contributed by atoms with van der Waals surface area (Å²) in [5.41, 5.74) is 2.59. The minimum absolute atomic E-state index is 0.186. The summed E-state index contributed by atoms with van der Waals surface area (Å²) in [7, 11) is -2.57. The van der Waals surface area contributed by atoms with Crippen LogP contribution in [0.25, 0.3) is 0 Å². The van der Waals surface area contributed by atoms with Crippen molar-refractivity contribution in [3.05, 3.63) is 108 Å². The number of carbonyl (C=O) groups is 1. The lowest BCUT2D eigenvalue weighted by Gasteiger charge is -2.32. The molecule has 1 unspecified atom stereocenters. The quantitative estimate of drug-likeness (QED) is 0.465. The number of methoxy groups -OCH3 is 1. The van der Waals surface area contributed by atoms with Crippen molar-refractivity contribution < 1.29 is 17.9 Å². The van der Waals surface area contributed by atoms with Gasteiger partial charge in [0, 0.05) is 6.54 Å². The average molecular weight is 438 g/mol. The van der Waals surface area contributed by atoms with Crippen LogP contribution in [0.1, 0.15) is 29.7 Å². The van der Waals surface area contributed by atoms with Crippen LogP contribution in [-0.2, 0) is 26.1 Å². The first-order valence-electron chi connectivity index (χ1n) is 10.1. The molecule has 1 atom stereocenters. The Balaban J connectivity index is 2.11. The van der Waals surface area contributed by atoms with Crippen molar-refractivity contribution in [3.8, 4) is 0 Å². The first kappa shape index (κ1) is 22.7. The Morgan fingerprint density at radius 2 is 1.29 bits per heavy atom. The highest BCUT2D eigenvalue weighted by molar-refractivity contribution is 7.89. The third-order valence-corrected chi connectivity index (χ3v) is 7.10. The maximum atomic E-state index is 13.7. The lowest BCUT2D eigenvalue weighted by atomic mass is 9.98. The number of hydrogen-bond donors (Lipinski definition) is 0. The van der Waals surface area contributed by atoms with Gasteiger partial charge >= 0.3 is 5.97 Å². The molecule has 0 fully saturated rings. The molecule has 0 aliphatic carbocycles. The van der Waals surface area contributed by atoms with Crippen LogP contribution in [0.5, 0.6) is 0 Å². The van der Waals surface area contributed by atoms with E-state index < -0.39 is 28.0 Å². The first-order valence-corrected chi connectivity index (χ1v) is 11.7. The minimum Gasteiger partial charge on any atom is -0.469 e. The van der Waals surface area contributed by atoms with Gasteiger partial charge in [-0.1, -0.05) is 97.9 Å². The molecule has 0 amide bonds. The second-order valence-electron chi connectivity index (χ2n) is 7.46. The number of ether oxygens (including phenoxy) is 1. The van der Waals surface area contributed by atoms with Crippen LogP contribution in [0.4, 0.5) is 0 Å². The van der Waals surface area contributed by atoms with Crippen molar-refractivity contribution in [3.63, 3.8) is 0 Å². The first-order chi connectivity index (χ1) is 14.9. The lowest BCUT2D eigenvalue weighted by molar-refractivity contribution is -0.144. The number of esters is 1. The predicted molar refractivity (Wildman–Crippen MR) is 122 cm³/mol. The Labute approximate surface area is 184 Å². The number of carbonyl (C=O) groups excluding carboxylic acids is 1. The summed E-state index contributed by atoms with van der Waals surface area (Å²) in [6, 6.07) is 28.0. The number of rotatable bonds is 9. The van der Waals surface area contributed by atoms with Gasteiger partial charge in [-0.25, -0.2) is 8.42 Å². The zero-order chi connectivity index (χ0) is 22.3. The fraction of sp³-hybridized carbons (Fsp3) is 0.240. The topological polar surface area (TPSA) is 63.7 Å². The van der Waals surface area contributed by atoms with E-state index in [-0.39, 0.29) is 12.3 Å². The van der Waals surface area contributed by atoms with Crippen LogP contribution in [0, 0.1) is 5.92 Å². The fourth-order valence-corrected chi connectivity index (χ4v) is 5.46. The van der Waals surface area contributed by atoms with Gasteiger partial charge in [-0.05, 0) is 16.7 Å². The predicted octanol–water partition coefficient (Wildman–Crippen LogP) is 4.42.